The van der Waals surface area contributed by atoms with Gasteiger partial charge in [-0.2, -0.15) is 0 Å². The predicted molar refractivity (Wildman–Crippen MR) is 292 cm³/mol. The van der Waals surface area contributed by atoms with Crippen LogP contribution in [-0.2, 0) is 5.41 Å². The fourth-order valence-corrected chi connectivity index (χ4v) is 10.2. The first kappa shape index (κ1) is 42.7. The van der Waals surface area contributed by atoms with Crippen LogP contribution in [0.3, 0.4) is 0 Å². The molecule has 3 heterocycles. The SMILES string of the molecule is Cc1cc(-n2c3ccc(-c4ccccc4)cc3c3ccc(Oc4cccc(N5CN(c6c(-c7ccccc7)cccc6-c6ccc(C(C)(C)C)cc6)c6ccccc65)c4)cc32)ncc1-c1ccccc1. The number of hydrogen-bond donors (Lipinski definition) is 0. The largest absolute Gasteiger partial charge is 0.457 e. The minimum absolute atomic E-state index is 0.0619. The van der Waals surface area contributed by atoms with E-state index in [0.717, 1.165) is 72.9 Å². The number of aryl methyl sites for hydroxylation is 1. The lowest BCUT2D eigenvalue weighted by Gasteiger charge is -2.27. The number of rotatable bonds is 9. The maximum atomic E-state index is 6.88. The third-order valence-electron chi connectivity index (χ3n) is 13.8. The van der Waals surface area contributed by atoms with E-state index in [4.69, 9.17) is 9.72 Å². The molecule has 11 aromatic rings. The molecular formula is C65H52N4O. The number of anilines is 4. The van der Waals surface area contributed by atoms with Crippen molar-refractivity contribution in [2.24, 2.45) is 0 Å². The van der Waals surface area contributed by atoms with E-state index in [-0.39, 0.29) is 5.41 Å². The van der Waals surface area contributed by atoms with Crippen molar-refractivity contribution in [3.63, 3.8) is 0 Å². The number of fused-ring (bicyclic) bond motifs is 4. The zero-order chi connectivity index (χ0) is 47.3. The van der Waals surface area contributed by atoms with Crippen LogP contribution in [0.25, 0.3) is 72.1 Å². The first-order valence-electron chi connectivity index (χ1n) is 24.1. The normalized spacial score (nSPS) is 12.5. The van der Waals surface area contributed by atoms with Crippen molar-refractivity contribution in [2.45, 2.75) is 33.1 Å². The highest BCUT2D eigenvalue weighted by atomic mass is 16.5. The number of aromatic nitrogens is 2. The van der Waals surface area contributed by atoms with E-state index in [9.17, 15) is 0 Å². The Labute approximate surface area is 410 Å². The van der Waals surface area contributed by atoms with Gasteiger partial charge in [-0.25, -0.2) is 4.98 Å². The van der Waals surface area contributed by atoms with Crippen molar-refractivity contribution < 1.29 is 4.74 Å². The third kappa shape index (κ3) is 7.76. The lowest BCUT2D eigenvalue weighted by atomic mass is 9.86. The Hall–Kier alpha value is -8.67. The van der Waals surface area contributed by atoms with Gasteiger partial charge in [0.25, 0.3) is 0 Å². The highest BCUT2D eigenvalue weighted by Crippen LogP contribution is 2.50. The maximum Gasteiger partial charge on any atom is 0.137 e. The Morgan fingerprint density at radius 1 is 0.443 bits per heavy atom. The zero-order valence-electron chi connectivity index (χ0n) is 39.8. The molecule has 12 rings (SSSR count). The van der Waals surface area contributed by atoms with Crippen LogP contribution in [-0.4, -0.2) is 16.2 Å². The standard InChI is InChI=1S/C65H52N4O/c1-44-38-63(66-42-58(44)47-22-12-7-13-23-47)69-59-37-32-49(45-18-8-5-9-19-45)39-57(59)56-36-35-53(41-62(56)69)70-52-25-16-24-51(40-52)67-43-68(61-29-15-14-28-60(61)67)64-54(46-20-10-6-11-21-46)26-17-27-55(64)48-30-33-50(34-31-48)65(2,3)4/h5-42H,43H2,1-4H3. The summed E-state index contributed by atoms with van der Waals surface area (Å²) < 4.78 is 9.16. The molecule has 5 heteroatoms. The highest BCUT2D eigenvalue weighted by molar-refractivity contribution is 6.11. The summed E-state index contributed by atoms with van der Waals surface area (Å²) in [7, 11) is 0. The second-order valence-corrected chi connectivity index (χ2v) is 19.3. The van der Waals surface area contributed by atoms with Gasteiger partial charge in [-0.3, -0.25) is 4.57 Å². The van der Waals surface area contributed by atoms with Crippen molar-refractivity contribution >= 4 is 44.6 Å². The quantitative estimate of drug-likeness (QED) is 0.144. The molecular weight excluding hydrogens is 853 g/mol. The van der Waals surface area contributed by atoms with E-state index in [2.05, 4.69) is 254 Å². The molecule has 2 aromatic heterocycles. The maximum absolute atomic E-state index is 6.88. The number of nitrogens with zero attached hydrogens (tertiary/aromatic N) is 4. The molecule has 338 valence electrons. The Bertz CT molecular complexity index is 3700. The van der Waals surface area contributed by atoms with Crippen LogP contribution < -0.4 is 14.5 Å². The summed E-state index contributed by atoms with van der Waals surface area (Å²) in [6.45, 7) is 9.59. The van der Waals surface area contributed by atoms with Crippen LogP contribution in [0.2, 0.25) is 0 Å². The van der Waals surface area contributed by atoms with Crippen LogP contribution in [0.1, 0.15) is 31.9 Å². The molecule has 0 N–H and O–H groups in total. The summed E-state index contributed by atoms with van der Waals surface area (Å²) in [6.07, 6.45) is 2.00. The molecule has 0 aliphatic carbocycles. The molecule has 0 spiro atoms. The van der Waals surface area contributed by atoms with Gasteiger partial charge in [0.2, 0.25) is 0 Å². The smallest absolute Gasteiger partial charge is 0.137 e. The van der Waals surface area contributed by atoms with Gasteiger partial charge in [0.15, 0.2) is 0 Å². The average molecular weight is 905 g/mol. The molecule has 0 saturated carbocycles. The summed E-state index contributed by atoms with van der Waals surface area (Å²) >= 11 is 0. The molecule has 70 heavy (non-hydrogen) atoms. The van der Waals surface area contributed by atoms with Gasteiger partial charge < -0.3 is 14.5 Å². The van der Waals surface area contributed by atoms with Crippen LogP contribution in [0.15, 0.2) is 231 Å². The van der Waals surface area contributed by atoms with Gasteiger partial charge in [-0.1, -0.05) is 178 Å². The number of hydrogen-bond acceptors (Lipinski definition) is 4. The first-order valence-corrected chi connectivity index (χ1v) is 24.1. The minimum atomic E-state index is 0.0619. The Balaban J connectivity index is 0.924. The lowest BCUT2D eigenvalue weighted by molar-refractivity contribution is 0.483. The van der Waals surface area contributed by atoms with Crippen LogP contribution >= 0.6 is 0 Å². The Morgan fingerprint density at radius 3 is 1.70 bits per heavy atom. The molecule has 9 aromatic carbocycles. The van der Waals surface area contributed by atoms with Gasteiger partial charge in [0, 0.05) is 51.5 Å². The molecule has 5 nitrogen and oxygen atoms in total. The fourth-order valence-electron chi connectivity index (χ4n) is 10.2. The molecule has 0 fully saturated rings. The van der Waals surface area contributed by atoms with Crippen LogP contribution in [0, 0.1) is 6.92 Å². The van der Waals surface area contributed by atoms with Crippen molar-refractivity contribution in [3.8, 4) is 61.8 Å². The van der Waals surface area contributed by atoms with Gasteiger partial charge in [-0.05, 0) is 106 Å². The monoisotopic (exact) mass is 904 g/mol. The van der Waals surface area contributed by atoms with Crippen molar-refractivity contribution in [2.75, 3.05) is 16.5 Å². The highest BCUT2D eigenvalue weighted by Gasteiger charge is 2.31. The molecule has 0 unspecified atom stereocenters. The molecule has 0 amide bonds. The van der Waals surface area contributed by atoms with Gasteiger partial charge >= 0.3 is 0 Å². The zero-order valence-corrected chi connectivity index (χ0v) is 39.8. The van der Waals surface area contributed by atoms with Crippen molar-refractivity contribution in [1.82, 2.24) is 9.55 Å². The van der Waals surface area contributed by atoms with Crippen LogP contribution in [0.5, 0.6) is 11.5 Å². The summed E-state index contributed by atoms with van der Waals surface area (Å²) in [6, 6.07) is 80.3. The van der Waals surface area contributed by atoms with E-state index in [0.29, 0.717) is 6.67 Å². The molecule has 1 aliphatic rings. The summed E-state index contributed by atoms with van der Waals surface area (Å²) in [4.78, 5) is 10.0. The van der Waals surface area contributed by atoms with Crippen molar-refractivity contribution in [3.05, 3.63) is 242 Å². The summed E-state index contributed by atoms with van der Waals surface area (Å²) in [5.74, 6) is 2.37. The van der Waals surface area contributed by atoms with E-state index in [1.54, 1.807) is 0 Å². The van der Waals surface area contributed by atoms with Crippen molar-refractivity contribution in [1.29, 1.82) is 0 Å². The van der Waals surface area contributed by atoms with E-state index >= 15 is 0 Å². The molecule has 0 radical (unpaired) electrons. The lowest BCUT2D eigenvalue weighted by Crippen LogP contribution is -2.25. The number of para-hydroxylation sites is 3. The molecule has 0 bridgehead atoms. The number of ether oxygens (including phenoxy) is 1. The summed E-state index contributed by atoms with van der Waals surface area (Å²) in [5, 5.41) is 2.29. The first-order chi connectivity index (χ1) is 34.2. The van der Waals surface area contributed by atoms with Crippen LogP contribution in [0.4, 0.5) is 22.7 Å². The van der Waals surface area contributed by atoms with E-state index in [1.807, 2.05) is 18.3 Å². The predicted octanol–water partition coefficient (Wildman–Crippen LogP) is 17.5. The number of pyridine rings is 1. The van der Waals surface area contributed by atoms with Gasteiger partial charge in [0.05, 0.1) is 28.1 Å². The second kappa shape index (κ2) is 17.4. The molecule has 1 aliphatic heterocycles. The second-order valence-electron chi connectivity index (χ2n) is 19.3. The molecule has 0 atom stereocenters. The minimum Gasteiger partial charge on any atom is -0.457 e. The van der Waals surface area contributed by atoms with E-state index < -0.39 is 0 Å². The topological polar surface area (TPSA) is 33.5 Å². The Morgan fingerprint density at radius 2 is 1.03 bits per heavy atom. The molecule has 0 saturated heterocycles. The third-order valence-corrected chi connectivity index (χ3v) is 13.8. The van der Waals surface area contributed by atoms with Gasteiger partial charge in [-0.15, -0.1) is 0 Å². The fraction of sp³-hybridized carbons (Fsp3) is 0.0923. The van der Waals surface area contributed by atoms with E-state index in [1.165, 1.54) is 44.6 Å². The Kier molecular flexibility index (Phi) is 10.6. The van der Waals surface area contributed by atoms with Gasteiger partial charge in [0.1, 0.15) is 24.0 Å². The average Bonchev–Trinajstić information content (AvgIpc) is 3.94. The summed E-state index contributed by atoms with van der Waals surface area (Å²) in [5.41, 5.74) is 18.5. The number of benzene rings is 9.